The summed E-state index contributed by atoms with van der Waals surface area (Å²) in [7, 11) is -4.22. The predicted molar refractivity (Wildman–Crippen MR) is 79.2 cm³/mol. The Balaban J connectivity index is 2.38. The van der Waals surface area contributed by atoms with Crippen LogP contribution in [-0.4, -0.2) is 31.5 Å². The molecule has 0 spiro atoms. The first-order chi connectivity index (χ1) is 9.52. The number of hydrogen-bond acceptors (Lipinski definition) is 3. The molecule has 0 bridgehead atoms. The molecule has 1 fully saturated rings. The largest absolute Gasteiger partial charge is 0.402 e. The van der Waals surface area contributed by atoms with Crippen molar-refractivity contribution in [3.8, 4) is 0 Å². The molecule has 0 amide bonds. The van der Waals surface area contributed by atoms with Crippen molar-refractivity contribution in [3.05, 3.63) is 14.9 Å². The van der Waals surface area contributed by atoms with E-state index in [0.717, 1.165) is 24.2 Å². The predicted octanol–water partition coefficient (Wildman–Crippen LogP) is 4.52. The van der Waals surface area contributed by atoms with Crippen molar-refractivity contribution in [2.24, 2.45) is 5.92 Å². The second kappa shape index (κ2) is 5.99. The Morgan fingerprint density at radius 3 is 2.48 bits per heavy atom. The molecule has 2 rings (SSSR count). The van der Waals surface area contributed by atoms with Gasteiger partial charge in [-0.25, -0.2) is 8.42 Å². The average Bonchev–Trinajstić information content (AvgIpc) is 3.12. The molecule has 3 nitrogen and oxygen atoms in total. The van der Waals surface area contributed by atoms with Crippen LogP contribution in [0.5, 0.6) is 0 Å². The van der Waals surface area contributed by atoms with E-state index in [0.29, 0.717) is 8.09 Å². The van der Waals surface area contributed by atoms with Crippen molar-refractivity contribution in [2.75, 3.05) is 6.54 Å². The van der Waals surface area contributed by atoms with E-state index >= 15 is 0 Å². The van der Waals surface area contributed by atoms with Crippen LogP contribution in [0.15, 0.2) is 14.1 Å². The van der Waals surface area contributed by atoms with Crippen LogP contribution < -0.4 is 0 Å². The fourth-order valence-corrected chi connectivity index (χ4v) is 6.21. The summed E-state index contributed by atoms with van der Waals surface area (Å²) in [5.41, 5.74) is 0. The van der Waals surface area contributed by atoms with E-state index in [4.69, 9.17) is 11.6 Å². The number of hydrogen-bond donors (Lipinski definition) is 0. The van der Waals surface area contributed by atoms with E-state index < -0.39 is 28.8 Å². The van der Waals surface area contributed by atoms with E-state index in [2.05, 4.69) is 15.9 Å². The highest BCUT2D eigenvalue weighted by Crippen LogP contribution is 2.41. The van der Waals surface area contributed by atoms with Crippen molar-refractivity contribution in [3.63, 3.8) is 0 Å². The summed E-state index contributed by atoms with van der Waals surface area (Å²) in [6, 6.07) is 0.491. The Labute approximate surface area is 138 Å². The third-order valence-electron chi connectivity index (χ3n) is 3.28. The van der Waals surface area contributed by atoms with Gasteiger partial charge in [-0.1, -0.05) is 11.6 Å². The topological polar surface area (TPSA) is 37.4 Å². The lowest BCUT2D eigenvalue weighted by Gasteiger charge is -2.28. The van der Waals surface area contributed by atoms with Gasteiger partial charge in [-0.2, -0.15) is 17.5 Å². The summed E-state index contributed by atoms with van der Waals surface area (Å²) in [5.74, 6) is -0.0130. The SMILES string of the molecule is CC(C1CC1)N(CC(F)(F)F)S(=O)(=O)c1cc(Cl)c(Br)s1. The number of halogens is 5. The zero-order chi connectivity index (χ0) is 16.0. The lowest BCUT2D eigenvalue weighted by molar-refractivity contribution is -0.139. The molecule has 1 aromatic rings. The van der Waals surface area contributed by atoms with Gasteiger partial charge in [0.2, 0.25) is 0 Å². The molecule has 0 aliphatic heterocycles. The minimum absolute atomic E-state index is 0.0130. The molecule has 1 aromatic heterocycles. The van der Waals surface area contributed by atoms with Crippen LogP contribution in [0.1, 0.15) is 19.8 Å². The Hall–Kier alpha value is 0.170. The van der Waals surface area contributed by atoms with E-state index in [1.165, 1.54) is 13.0 Å². The second-order valence-corrected chi connectivity index (χ2v) is 9.83. The quantitative estimate of drug-likeness (QED) is 0.694. The normalized spacial score (nSPS) is 18.2. The molecule has 0 N–H and O–H groups in total. The van der Waals surface area contributed by atoms with Crippen molar-refractivity contribution in [2.45, 2.75) is 36.2 Å². The van der Waals surface area contributed by atoms with E-state index in [9.17, 15) is 21.6 Å². The highest BCUT2D eigenvalue weighted by molar-refractivity contribution is 9.11. The molecule has 1 aliphatic rings. The summed E-state index contributed by atoms with van der Waals surface area (Å²) >= 11 is 9.68. The van der Waals surface area contributed by atoms with Crippen LogP contribution in [0.3, 0.4) is 0 Å². The molecule has 21 heavy (non-hydrogen) atoms. The van der Waals surface area contributed by atoms with Crippen molar-refractivity contribution in [1.29, 1.82) is 0 Å². The van der Waals surface area contributed by atoms with Gasteiger partial charge in [-0.3, -0.25) is 0 Å². The molecule has 0 radical (unpaired) electrons. The standard InChI is InChI=1S/C11H12BrClF3NO2S2/c1-6(7-2-3-7)17(5-11(14,15)16)21(18,19)9-4-8(13)10(12)20-9/h4,6-7H,2-3,5H2,1H3. The van der Waals surface area contributed by atoms with Gasteiger partial charge < -0.3 is 0 Å². The third-order valence-corrected chi connectivity index (χ3v) is 8.14. The van der Waals surface area contributed by atoms with Gasteiger partial charge in [-0.05, 0) is 47.7 Å². The zero-order valence-electron chi connectivity index (χ0n) is 10.8. The highest BCUT2D eigenvalue weighted by Gasteiger charge is 2.44. The molecule has 1 saturated carbocycles. The molecule has 10 heteroatoms. The van der Waals surface area contributed by atoms with Crippen LogP contribution >= 0.6 is 38.9 Å². The van der Waals surface area contributed by atoms with Gasteiger partial charge in [0.15, 0.2) is 0 Å². The van der Waals surface area contributed by atoms with Gasteiger partial charge in [0.1, 0.15) is 10.8 Å². The van der Waals surface area contributed by atoms with Crippen LogP contribution in [0.2, 0.25) is 5.02 Å². The fraction of sp³-hybridized carbons (Fsp3) is 0.636. The molecule has 0 aromatic carbocycles. The molecule has 120 valence electrons. The fourth-order valence-electron chi connectivity index (χ4n) is 2.01. The number of thiophene rings is 1. The zero-order valence-corrected chi connectivity index (χ0v) is 14.8. The van der Waals surface area contributed by atoms with E-state index in [-0.39, 0.29) is 15.1 Å². The Bertz CT molecular complexity index is 608. The summed E-state index contributed by atoms with van der Waals surface area (Å²) in [6.45, 7) is 0.0331. The maximum Gasteiger partial charge on any atom is 0.402 e. The molecule has 0 saturated heterocycles. The number of alkyl halides is 3. The molecule has 1 atom stereocenters. The van der Waals surface area contributed by atoms with Gasteiger partial charge >= 0.3 is 6.18 Å². The lowest BCUT2D eigenvalue weighted by Crippen LogP contribution is -2.45. The number of rotatable bonds is 5. The number of sulfonamides is 1. The van der Waals surface area contributed by atoms with Gasteiger partial charge in [-0.15, -0.1) is 11.3 Å². The Kier molecular flexibility index (Phi) is 5.00. The number of nitrogens with zero attached hydrogens (tertiary/aromatic N) is 1. The average molecular weight is 427 g/mol. The van der Waals surface area contributed by atoms with Gasteiger partial charge in [0.05, 0.1) is 8.81 Å². The minimum atomic E-state index is -4.59. The van der Waals surface area contributed by atoms with Crippen LogP contribution in [-0.2, 0) is 10.0 Å². The Morgan fingerprint density at radius 1 is 1.52 bits per heavy atom. The van der Waals surface area contributed by atoms with E-state index in [1.54, 1.807) is 0 Å². The maximum atomic E-state index is 12.7. The van der Waals surface area contributed by atoms with Crippen LogP contribution in [0, 0.1) is 5.92 Å². The smallest absolute Gasteiger partial charge is 0.206 e. The monoisotopic (exact) mass is 425 g/mol. The molecular formula is C11H12BrClF3NO2S2. The van der Waals surface area contributed by atoms with E-state index in [1.807, 2.05) is 0 Å². The van der Waals surface area contributed by atoms with Crippen molar-refractivity contribution < 1.29 is 21.6 Å². The molecule has 1 unspecified atom stereocenters. The molecule has 1 heterocycles. The van der Waals surface area contributed by atoms with Crippen molar-refractivity contribution >= 4 is 48.9 Å². The summed E-state index contributed by atoms with van der Waals surface area (Å²) in [6.07, 6.45) is -3.09. The minimum Gasteiger partial charge on any atom is -0.206 e. The summed E-state index contributed by atoms with van der Waals surface area (Å²) < 4.78 is 64.0. The molecular weight excluding hydrogens is 415 g/mol. The third kappa shape index (κ3) is 4.13. The summed E-state index contributed by atoms with van der Waals surface area (Å²) in [4.78, 5) is 0. The van der Waals surface area contributed by atoms with Gasteiger partial charge in [0, 0.05) is 6.04 Å². The Morgan fingerprint density at radius 2 is 2.10 bits per heavy atom. The summed E-state index contributed by atoms with van der Waals surface area (Å²) in [5, 5.41) is 0.171. The van der Waals surface area contributed by atoms with Crippen LogP contribution in [0.25, 0.3) is 0 Å². The first kappa shape index (κ1) is 17.5. The maximum absolute atomic E-state index is 12.7. The second-order valence-electron chi connectivity index (χ2n) is 4.93. The first-order valence-corrected chi connectivity index (χ1v) is 9.48. The van der Waals surface area contributed by atoms with Gasteiger partial charge in [0.25, 0.3) is 10.0 Å². The lowest BCUT2D eigenvalue weighted by atomic mass is 10.2. The highest BCUT2D eigenvalue weighted by atomic mass is 79.9. The molecule has 1 aliphatic carbocycles. The van der Waals surface area contributed by atoms with Crippen molar-refractivity contribution in [1.82, 2.24) is 4.31 Å². The first-order valence-electron chi connectivity index (χ1n) is 6.06. The van der Waals surface area contributed by atoms with Crippen LogP contribution in [0.4, 0.5) is 13.2 Å².